The molecule has 21 heavy (non-hydrogen) atoms. The van der Waals surface area contributed by atoms with E-state index in [1.54, 1.807) is 13.8 Å². The molecule has 0 bridgehead atoms. The van der Waals surface area contributed by atoms with E-state index in [1.807, 2.05) is 0 Å². The van der Waals surface area contributed by atoms with E-state index >= 15 is 0 Å². The Hall–Kier alpha value is -1.75. The normalized spacial score (nSPS) is 12.3. The molecule has 0 saturated carbocycles. The summed E-state index contributed by atoms with van der Waals surface area (Å²) in [6, 6.07) is 3.24. The summed E-state index contributed by atoms with van der Waals surface area (Å²) in [5.41, 5.74) is 0.622. The van der Waals surface area contributed by atoms with E-state index in [0.717, 1.165) is 12.1 Å². The number of aliphatic hydroxyl groups excluding tert-OH is 1. The maximum Gasteiger partial charge on any atom is 0.308 e. The van der Waals surface area contributed by atoms with E-state index in [4.69, 9.17) is 4.74 Å². The summed E-state index contributed by atoms with van der Waals surface area (Å²) in [7, 11) is 0. The lowest BCUT2D eigenvalue weighted by atomic mass is 9.96. The molecule has 0 amide bonds. The van der Waals surface area contributed by atoms with Gasteiger partial charge in [0.2, 0.25) is 0 Å². The SMILES string of the molecule is C=C(C[C@H](CO)COC(=O)C(C)C)c1ccc(F)cc1F. The number of carbonyl (C=O) groups is 1. The fourth-order valence-electron chi connectivity index (χ4n) is 1.78. The minimum absolute atomic E-state index is 0.0371. The van der Waals surface area contributed by atoms with Gasteiger partial charge in [-0.3, -0.25) is 4.79 Å². The standard InChI is InChI=1S/C16H20F2O3/c1-10(2)16(20)21-9-12(8-19)6-11(3)14-5-4-13(17)7-15(14)18/h4-5,7,10,12,19H,3,6,8-9H2,1-2H3/t12-/m1/s1. The average Bonchev–Trinajstić information content (AvgIpc) is 2.42. The van der Waals surface area contributed by atoms with Crippen molar-refractivity contribution in [3.8, 4) is 0 Å². The lowest BCUT2D eigenvalue weighted by molar-refractivity contribution is -0.149. The third-order valence-corrected chi connectivity index (χ3v) is 3.04. The van der Waals surface area contributed by atoms with E-state index in [0.29, 0.717) is 5.57 Å². The van der Waals surface area contributed by atoms with E-state index < -0.39 is 11.6 Å². The van der Waals surface area contributed by atoms with Crippen LogP contribution in [0.25, 0.3) is 5.57 Å². The predicted octanol–water partition coefficient (Wildman–Crippen LogP) is 3.18. The monoisotopic (exact) mass is 298 g/mol. The highest BCUT2D eigenvalue weighted by Gasteiger charge is 2.17. The Morgan fingerprint density at radius 2 is 2.05 bits per heavy atom. The lowest BCUT2D eigenvalue weighted by Gasteiger charge is -2.17. The maximum absolute atomic E-state index is 13.6. The molecular weight excluding hydrogens is 278 g/mol. The second kappa shape index (κ2) is 7.88. The average molecular weight is 298 g/mol. The van der Waals surface area contributed by atoms with Crippen LogP contribution in [0.5, 0.6) is 0 Å². The van der Waals surface area contributed by atoms with Gasteiger partial charge in [0.25, 0.3) is 0 Å². The molecule has 0 aliphatic carbocycles. The maximum atomic E-state index is 13.6. The molecule has 1 aromatic rings. The summed E-state index contributed by atoms with van der Waals surface area (Å²) in [4.78, 5) is 11.4. The van der Waals surface area contributed by atoms with Gasteiger partial charge >= 0.3 is 5.97 Å². The minimum Gasteiger partial charge on any atom is -0.465 e. The van der Waals surface area contributed by atoms with Crippen molar-refractivity contribution in [1.29, 1.82) is 0 Å². The largest absolute Gasteiger partial charge is 0.465 e. The zero-order valence-corrected chi connectivity index (χ0v) is 12.2. The molecule has 1 N–H and O–H groups in total. The van der Waals surface area contributed by atoms with Gasteiger partial charge in [0.05, 0.1) is 12.5 Å². The van der Waals surface area contributed by atoms with Crippen LogP contribution in [0.1, 0.15) is 25.8 Å². The van der Waals surface area contributed by atoms with Crippen molar-refractivity contribution < 1.29 is 23.4 Å². The molecule has 1 aromatic carbocycles. The summed E-state index contributed by atoms with van der Waals surface area (Å²) in [5.74, 6) is -2.33. The van der Waals surface area contributed by atoms with Crippen molar-refractivity contribution in [3.63, 3.8) is 0 Å². The van der Waals surface area contributed by atoms with Gasteiger partial charge in [-0.1, -0.05) is 20.4 Å². The number of aliphatic hydroxyl groups is 1. The number of benzene rings is 1. The topological polar surface area (TPSA) is 46.5 Å². The highest BCUT2D eigenvalue weighted by atomic mass is 19.1. The molecule has 0 aliphatic heterocycles. The predicted molar refractivity (Wildman–Crippen MR) is 76.4 cm³/mol. The first-order chi connectivity index (χ1) is 9.85. The fourth-order valence-corrected chi connectivity index (χ4v) is 1.78. The van der Waals surface area contributed by atoms with Crippen molar-refractivity contribution in [2.24, 2.45) is 11.8 Å². The highest BCUT2D eigenvalue weighted by molar-refractivity contribution is 5.71. The van der Waals surface area contributed by atoms with Gasteiger partial charge in [0.15, 0.2) is 0 Å². The van der Waals surface area contributed by atoms with Crippen LogP contribution in [-0.2, 0) is 9.53 Å². The molecular formula is C16H20F2O3. The molecule has 0 aromatic heterocycles. The van der Waals surface area contributed by atoms with Crippen LogP contribution < -0.4 is 0 Å². The van der Waals surface area contributed by atoms with Crippen LogP contribution >= 0.6 is 0 Å². The Morgan fingerprint density at radius 1 is 1.38 bits per heavy atom. The van der Waals surface area contributed by atoms with Gasteiger partial charge in [-0.2, -0.15) is 0 Å². The number of allylic oxidation sites excluding steroid dienone is 1. The summed E-state index contributed by atoms with van der Waals surface area (Å²) < 4.78 is 31.5. The van der Waals surface area contributed by atoms with E-state index in [2.05, 4.69) is 6.58 Å². The van der Waals surface area contributed by atoms with E-state index in [1.165, 1.54) is 6.07 Å². The molecule has 0 fully saturated rings. The molecule has 0 heterocycles. The van der Waals surface area contributed by atoms with E-state index in [9.17, 15) is 18.7 Å². The number of hydrogen-bond donors (Lipinski definition) is 1. The number of ether oxygens (including phenoxy) is 1. The van der Waals surface area contributed by atoms with Crippen LogP contribution in [0, 0.1) is 23.5 Å². The van der Waals surface area contributed by atoms with Gasteiger partial charge in [-0.05, 0) is 24.1 Å². The first-order valence-electron chi connectivity index (χ1n) is 6.75. The van der Waals surface area contributed by atoms with Crippen LogP contribution in [0.2, 0.25) is 0 Å². The van der Waals surface area contributed by atoms with Crippen molar-refractivity contribution in [2.45, 2.75) is 20.3 Å². The highest BCUT2D eigenvalue weighted by Crippen LogP contribution is 2.24. The Morgan fingerprint density at radius 3 is 2.57 bits per heavy atom. The number of rotatable bonds is 7. The number of halogens is 2. The molecule has 5 heteroatoms. The van der Waals surface area contributed by atoms with E-state index in [-0.39, 0.29) is 43.0 Å². The molecule has 1 rings (SSSR count). The lowest BCUT2D eigenvalue weighted by Crippen LogP contribution is -2.20. The molecule has 0 unspecified atom stereocenters. The zero-order chi connectivity index (χ0) is 16.0. The van der Waals surface area contributed by atoms with Crippen LogP contribution in [0.3, 0.4) is 0 Å². The van der Waals surface area contributed by atoms with Gasteiger partial charge in [-0.25, -0.2) is 8.78 Å². The Kier molecular flexibility index (Phi) is 6.49. The second-order valence-corrected chi connectivity index (χ2v) is 5.27. The Bertz CT molecular complexity index is 512. The summed E-state index contributed by atoms with van der Waals surface area (Å²) in [6.07, 6.45) is 0.254. The van der Waals surface area contributed by atoms with Crippen molar-refractivity contribution in [1.82, 2.24) is 0 Å². The summed E-state index contributed by atoms with van der Waals surface area (Å²) in [5, 5.41) is 9.30. The second-order valence-electron chi connectivity index (χ2n) is 5.27. The molecule has 0 spiro atoms. The molecule has 0 radical (unpaired) electrons. The Labute approximate surface area is 123 Å². The third kappa shape index (κ3) is 5.27. The van der Waals surface area contributed by atoms with Gasteiger partial charge < -0.3 is 9.84 Å². The van der Waals surface area contributed by atoms with Gasteiger partial charge in [-0.15, -0.1) is 0 Å². The number of carbonyl (C=O) groups excluding carboxylic acids is 1. The smallest absolute Gasteiger partial charge is 0.308 e. The number of hydrogen-bond acceptors (Lipinski definition) is 3. The fraction of sp³-hybridized carbons (Fsp3) is 0.438. The van der Waals surface area contributed by atoms with Crippen molar-refractivity contribution >= 4 is 11.5 Å². The third-order valence-electron chi connectivity index (χ3n) is 3.04. The van der Waals surface area contributed by atoms with Crippen molar-refractivity contribution in [3.05, 3.63) is 42.0 Å². The van der Waals surface area contributed by atoms with Gasteiger partial charge in [0.1, 0.15) is 11.6 Å². The molecule has 0 saturated heterocycles. The molecule has 116 valence electrons. The molecule has 0 aliphatic rings. The minimum atomic E-state index is -0.698. The first-order valence-corrected chi connectivity index (χ1v) is 6.75. The first kappa shape index (κ1) is 17.3. The Balaban J connectivity index is 2.64. The van der Waals surface area contributed by atoms with Crippen molar-refractivity contribution in [2.75, 3.05) is 13.2 Å². The van der Waals surface area contributed by atoms with Crippen LogP contribution in [0.4, 0.5) is 8.78 Å². The quantitative estimate of drug-likeness (QED) is 0.786. The summed E-state index contributed by atoms with van der Waals surface area (Å²) in [6.45, 7) is 7.00. The summed E-state index contributed by atoms with van der Waals surface area (Å²) >= 11 is 0. The van der Waals surface area contributed by atoms with Gasteiger partial charge in [0, 0.05) is 24.2 Å². The number of esters is 1. The molecule has 3 nitrogen and oxygen atoms in total. The van der Waals surface area contributed by atoms with Crippen LogP contribution in [0.15, 0.2) is 24.8 Å². The van der Waals surface area contributed by atoms with Crippen LogP contribution in [-0.4, -0.2) is 24.3 Å². The zero-order valence-electron chi connectivity index (χ0n) is 12.2. The molecule has 1 atom stereocenters.